The van der Waals surface area contributed by atoms with E-state index in [0.29, 0.717) is 6.04 Å². The summed E-state index contributed by atoms with van der Waals surface area (Å²) in [6.07, 6.45) is 3.07. The topological polar surface area (TPSA) is 12.0 Å². The molecule has 2 rings (SSSR count). The molecule has 0 aliphatic heterocycles. The fourth-order valence-corrected chi connectivity index (χ4v) is 1.67. The summed E-state index contributed by atoms with van der Waals surface area (Å²) in [5, 5.41) is 3.41. The van der Waals surface area contributed by atoms with E-state index >= 15 is 0 Å². The molecular formula is C11H13N. The van der Waals surface area contributed by atoms with Crippen LogP contribution in [0.3, 0.4) is 0 Å². The second-order valence-corrected chi connectivity index (χ2v) is 3.15. The molecule has 0 saturated carbocycles. The molecule has 1 unspecified atom stereocenters. The molecule has 1 aromatic carbocycles. The van der Waals surface area contributed by atoms with Gasteiger partial charge in [-0.3, -0.25) is 0 Å². The first-order valence-corrected chi connectivity index (χ1v) is 4.34. The highest BCUT2D eigenvalue weighted by atomic mass is 14.9. The van der Waals surface area contributed by atoms with Crippen LogP contribution in [-0.2, 0) is 6.42 Å². The Kier molecular flexibility index (Phi) is 1.96. The van der Waals surface area contributed by atoms with Crippen molar-refractivity contribution in [2.75, 3.05) is 6.54 Å². The van der Waals surface area contributed by atoms with Gasteiger partial charge in [0.25, 0.3) is 0 Å². The van der Waals surface area contributed by atoms with E-state index in [1.807, 2.05) is 6.08 Å². The summed E-state index contributed by atoms with van der Waals surface area (Å²) in [7, 11) is 0. The van der Waals surface area contributed by atoms with E-state index in [2.05, 4.69) is 36.2 Å². The quantitative estimate of drug-likeness (QED) is 0.666. The Morgan fingerprint density at radius 2 is 2.33 bits per heavy atom. The summed E-state index contributed by atoms with van der Waals surface area (Å²) in [4.78, 5) is 0. The van der Waals surface area contributed by atoms with Gasteiger partial charge >= 0.3 is 0 Å². The van der Waals surface area contributed by atoms with Crippen LogP contribution in [0.15, 0.2) is 36.9 Å². The molecule has 0 aromatic heterocycles. The number of rotatable bonds is 3. The third-order valence-corrected chi connectivity index (χ3v) is 2.36. The van der Waals surface area contributed by atoms with Crippen LogP contribution in [0, 0.1) is 0 Å². The van der Waals surface area contributed by atoms with Crippen LogP contribution in [0.2, 0.25) is 0 Å². The Morgan fingerprint density at radius 1 is 1.50 bits per heavy atom. The first kappa shape index (κ1) is 7.56. The number of hydrogen-bond acceptors (Lipinski definition) is 1. The first-order chi connectivity index (χ1) is 5.92. The number of fused-ring (bicyclic) bond motifs is 1. The molecule has 1 nitrogen and oxygen atoms in total. The summed E-state index contributed by atoms with van der Waals surface area (Å²) in [5.74, 6) is 0. The van der Waals surface area contributed by atoms with Gasteiger partial charge in [0.15, 0.2) is 0 Å². The van der Waals surface area contributed by atoms with E-state index in [9.17, 15) is 0 Å². The zero-order valence-electron chi connectivity index (χ0n) is 7.09. The number of benzene rings is 1. The molecule has 1 heteroatoms. The maximum atomic E-state index is 3.68. The third-order valence-electron chi connectivity index (χ3n) is 2.36. The summed E-state index contributed by atoms with van der Waals surface area (Å²) in [6, 6.07) is 9.16. The molecule has 0 spiro atoms. The van der Waals surface area contributed by atoms with Crippen LogP contribution >= 0.6 is 0 Å². The minimum absolute atomic E-state index is 0.569. The van der Waals surface area contributed by atoms with Gasteiger partial charge in [-0.25, -0.2) is 0 Å². The summed E-state index contributed by atoms with van der Waals surface area (Å²) in [6.45, 7) is 4.59. The summed E-state index contributed by atoms with van der Waals surface area (Å²) >= 11 is 0. The van der Waals surface area contributed by atoms with Gasteiger partial charge in [0.1, 0.15) is 0 Å². The van der Waals surface area contributed by atoms with Crippen LogP contribution in [0.1, 0.15) is 17.2 Å². The molecule has 62 valence electrons. The smallest absolute Gasteiger partial charge is 0.0366 e. The fourth-order valence-electron chi connectivity index (χ4n) is 1.67. The van der Waals surface area contributed by atoms with Gasteiger partial charge in [-0.15, -0.1) is 6.58 Å². The molecule has 0 bridgehead atoms. The van der Waals surface area contributed by atoms with Gasteiger partial charge in [-0.1, -0.05) is 30.3 Å². The lowest BCUT2D eigenvalue weighted by Gasteiger charge is -2.30. The molecule has 12 heavy (non-hydrogen) atoms. The number of nitrogens with one attached hydrogen (secondary N) is 1. The van der Waals surface area contributed by atoms with Gasteiger partial charge < -0.3 is 5.32 Å². The van der Waals surface area contributed by atoms with Gasteiger partial charge in [-0.05, 0) is 17.5 Å². The molecule has 0 heterocycles. The Bertz CT molecular complexity index is 291. The second-order valence-electron chi connectivity index (χ2n) is 3.15. The Balaban J connectivity index is 2.05. The molecule has 0 saturated heterocycles. The molecule has 1 N–H and O–H groups in total. The SMILES string of the molecule is C=CCNC1Cc2ccccc21. The molecule has 1 aromatic rings. The van der Waals surface area contributed by atoms with Crippen LogP contribution in [0.25, 0.3) is 0 Å². The summed E-state index contributed by atoms with van der Waals surface area (Å²) in [5.41, 5.74) is 2.94. The van der Waals surface area contributed by atoms with Gasteiger partial charge in [0.05, 0.1) is 0 Å². The monoisotopic (exact) mass is 159 g/mol. The lowest BCUT2D eigenvalue weighted by atomic mass is 9.83. The maximum Gasteiger partial charge on any atom is 0.0366 e. The molecule has 0 radical (unpaired) electrons. The minimum atomic E-state index is 0.569. The highest BCUT2D eigenvalue weighted by Gasteiger charge is 2.23. The maximum absolute atomic E-state index is 3.68. The molecule has 1 aliphatic rings. The van der Waals surface area contributed by atoms with Crippen molar-refractivity contribution in [3.05, 3.63) is 48.0 Å². The largest absolute Gasteiger partial charge is 0.306 e. The van der Waals surface area contributed by atoms with E-state index in [-0.39, 0.29) is 0 Å². The normalized spacial score (nSPS) is 19.5. The standard InChI is InChI=1S/C11H13N/c1-2-7-12-11-8-9-5-3-4-6-10(9)11/h2-6,11-12H,1,7-8H2. The van der Waals surface area contributed by atoms with Crippen molar-refractivity contribution in [1.29, 1.82) is 0 Å². The highest BCUT2D eigenvalue weighted by Crippen LogP contribution is 2.32. The van der Waals surface area contributed by atoms with Crippen LogP contribution < -0.4 is 5.32 Å². The van der Waals surface area contributed by atoms with E-state index in [0.717, 1.165) is 6.54 Å². The predicted molar refractivity (Wildman–Crippen MR) is 51.1 cm³/mol. The molecule has 1 atom stereocenters. The molecular weight excluding hydrogens is 146 g/mol. The van der Waals surface area contributed by atoms with Crippen molar-refractivity contribution in [3.8, 4) is 0 Å². The molecule has 0 fully saturated rings. The van der Waals surface area contributed by atoms with Gasteiger partial charge in [0.2, 0.25) is 0 Å². The van der Waals surface area contributed by atoms with E-state index in [1.54, 1.807) is 0 Å². The van der Waals surface area contributed by atoms with Crippen molar-refractivity contribution in [2.45, 2.75) is 12.5 Å². The zero-order chi connectivity index (χ0) is 8.39. The fraction of sp³-hybridized carbons (Fsp3) is 0.273. The first-order valence-electron chi connectivity index (χ1n) is 4.34. The minimum Gasteiger partial charge on any atom is -0.306 e. The van der Waals surface area contributed by atoms with E-state index in [4.69, 9.17) is 0 Å². The average molecular weight is 159 g/mol. The van der Waals surface area contributed by atoms with Gasteiger partial charge in [0, 0.05) is 12.6 Å². The second kappa shape index (κ2) is 3.11. The summed E-state index contributed by atoms with van der Waals surface area (Å²) < 4.78 is 0. The van der Waals surface area contributed by atoms with Crippen molar-refractivity contribution in [1.82, 2.24) is 5.32 Å². The Labute approximate surface area is 73.1 Å². The Hall–Kier alpha value is -1.08. The molecule has 1 aliphatic carbocycles. The van der Waals surface area contributed by atoms with Crippen LogP contribution in [-0.4, -0.2) is 6.54 Å². The van der Waals surface area contributed by atoms with Crippen LogP contribution in [0.5, 0.6) is 0 Å². The average Bonchev–Trinajstić information content (AvgIpc) is 2.07. The van der Waals surface area contributed by atoms with Crippen molar-refractivity contribution >= 4 is 0 Å². The number of hydrogen-bond donors (Lipinski definition) is 1. The zero-order valence-corrected chi connectivity index (χ0v) is 7.09. The third kappa shape index (κ3) is 1.16. The van der Waals surface area contributed by atoms with Crippen molar-refractivity contribution in [2.24, 2.45) is 0 Å². The van der Waals surface area contributed by atoms with E-state index in [1.165, 1.54) is 17.5 Å². The highest BCUT2D eigenvalue weighted by molar-refractivity contribution is 5.39. The molecule has 0 amide bonds. The van der Waals surface area contributed by atoms with Crippen LogP contribution in [0.4, 0.5) is 0 Å². The van der Waals surface area contributed by atoms with E-state index < -0.39 is 0 Å². The van der Waals surface area contributed by atoms with Crippen molar-refractivity contribution < 1.29 is 0 Å². The Morgan fingerprint density at radius 3 is 3.08 bits per heavy atom. The van der Waals surface area contributed by atoms with Crippen molar-refractivity contribution in [3.63, 3.8) is 0 Å². The predicted octanol–water partition coefficient (Wildman–Crippen LogP) is 2.06. The lowest BCUT2D eigenvalue weighted by molar-refractivity contribution is 0.509. The van der Waals surface area contributed by atoms with Gasteiger partial charge in [-0.2, -0.15) is 0 Å². The lowest BCUT2D eigenvalue weighted by Crippen LogP contribution is -2.31.